The lowest BCUT2D eigenvalue weighted by molar-refractivity contribution is 0.0564. The van der Waals surface area contributed by atoms with Crippen LogP contribution in [-0.4, -0.2) is 25.7 Å². The molecule has 1 aromatic heterocycles. The Morgan fingerprint density at radius 1 is 1.17 bits per heavy atom. The fraction of sp³-hybridized carbons (Fsp3) is 0.176. The van der Waals surface area contributed by atoms with E-state index in [0.29, 0.717) is 5.76 Å². The normalized spacial score (nSPS) is 9.43. The van der Waals surface area contributed by atoms with E-state index in [2.05, 4.69) is 21.9 Å². The molecular formula is C17H15NO5. The van der Waals surface area contributed by atoms with Crippen molar-refractivity contribution in [2.75, 3.05) is 13.7 Å². The summed E-state index contributed by atoms with van der Waals surface area (Å²) in [5.74, 6) is 5.19. The summed E-state index contributed by atoms with van der Waals surface area (Å²) < 4.78 is 14.7. The summed E-state index contributed by atoms with van der Waals surface area (Å²) in [5, 5.41) is 2.50. The van der Waals surface area contributed by atoms with Crippen molar-refractivity contribution in [3.63, 3.8) is 0 Å². The molecule has 1 N–H and O–H groups in total. The maximum absolute atomic E-state index is 11.5. The Labute approximate surface area is 133 Å². The average Bonchev–Trinajstić information content (AvgIpc) is 3.06. The van der Waals surface area contributed by atoms with E-state index in [9.17, 15) is 9.59 Å². The highest BCUT2D eigenvalue weighted by Gasteiger charge is 2.09. The SMILES string of the molecule is COC(=O)c1ccc(C#CCNC(=O)OCc2ccccc2)o1. The summed E-state index contributed by atoms with van der Waals surface area (Å²) >= 11 is 0. The van der Waals surface area contributed by atoms with Crippen LogP contribution in [0.3, 0.4) is 0 Å². The predicted octanol–water partition coefficient (Wildman–Crippen LogP) is 2.34. The van der Waals surface area contributed by atoms with E-state index < -0.39 is 12.1 Å². The summed E-state index contributed by atoms with van der Waals surface area (Å²) in [6.07, 6.45) is -0.558. The van der Waals surface area contributed by atoms with Crippen molar-refractivity contribution >= 4 is 12.1 Å². The Morgan fingerprint density at radius 2 is 1.96 bits per heavy atom. The fourth-order valence-electron chi connectivity index (χ4n) is 1.64. The first-order valence-corrected chi connectivity index (χ1v) is 6.80. The van der Waals surface area contributed by atoms with Gasteiger partial charge in [0.15, 0.2) is 5.76 Å². The number of hydrogen-bond donors (Lipinski definition) is 1. The summed E-state index contributed by atoms with van der Waals surface area (Å²) in [7, 11) is 1.27. The predicted molar refractivity (Wildman–Crippen MR) is 81.6 cm³/mol. The minimum Gasteiger partial charge on any atom is -0.463 e. The lowest BCUT2D eigenvalue weighted by Crippen LogP contribution is -2.24. The van der Waals surface area contributed by atoms with Crippen molar-refractivity contribution in [2.24, 2.45) is 0 Å². The summed E-state index contributed by atoms with van der Waals surface area (Å²) in [6.45, 7) is 0.294. The molecule has 1 aromatic carbocycles. The standard InChI is InChI=1S/C17H15NO5/c1-21-16(19)15-10-9-14(23-15)8-5-11-18-17(20)22-12-13-6-3-2-4-7-13/h2-4,6-7,9-10H,11-12H2,1H3,(H,18,20). The van der Waals surface area contributed by atoms with E-state index in [0.717, 1.165) is 5.56 Å². The molecule has 0 aliphatic carbocycles. The zero-order valence-electron chi connectivity index (χ0n) is 12.5. The van der Waals surface area contributed by atoms with Gasteiger partial charge in [-0.2, -0.15) is 0 Å². The summed E-state index contributed by atoms with van der Waals surface area (Å²) in [6, 6.07) is 12.4. The van der Waals surface area contributed by atoms with Crippen molar-refractivity contribution in [1.29, 1.82) is 0 Å². The van der Waals surface area contributed by atoms with Crippen molar-refractivity contribution in [3.8, 4) is 11.8 Å². The van der Waals surface area contributed by atoms with Crippen molar-refractivity contribution < 1.29 is 23.5 Å². The van der Waals surface area contributed by atoms with Crippen LogP contribution in [0.25, 0.3) is 0 Å². The molecule has 0 aliphatic rings. The van der Waals surface area contributed by atoms with Gasteiger partial charge >= 0.3 is 12.1 Å². The maximum atomic E-state index is 11.5. The number of benzene rings is 1. The molecule has 6 nitrogen and oxygen atoms in total. The Balaban J connectivity index is 1.73. The van der Waals surface area contributed by atoms with Crippen LogP contribution in [0, 0.1) is 11.8 Å². The number of rotatable bonds is 4. The molecule has 0 spiro atoms. The number of ether oxygens (including phenoxy) is 2. The third-order valence-corrected chi connectivity index (χ3v) is 2.74. The number of amides is 1. The number of carbonyl (C=O) groups is 2. The van der Waals surface area contributed by atoms with Gasteiger partial charge in [0.05, 0.1) is 13.7 Å². The molecule has 1 amide bonds. The smallest absolute Gasteiger partial charge is 0.408 e. The topological polar surface area (TPSA) is 77.8 Å². The number of esters is 1. The van der Waals surface area contributed by atoms with Gasteiger partial charge in [0.2, 0.25) is 5.76 Å². The van der Waals surface area contributed by atoms with Gasteiger partial charge in [-0.25, -0.2) is 9.59 Å². The molecule has 2 aromatic rings. The van der Waals surface area contributed by atoms with Gasteiger partial charge in [-0.1, -0.05) is 36.3 Å². The first-order valence-electron chi connectivity index (χ1n) is 6.80. The van der Waals surface area contributed by atoms with Crippen molar-refractivity contribution in [2.45, 2.75) is 6.61 Å². The Hall–Kier alpha value is -3.20. The van der Waals surface area contributed by atoms with E-state index in [-0.39, 0.29) is 18.9 Å². The van der Waals surface area contributed by atoms with Gasteiger partial charge in [0.25, 0.3) is 0 Å². The highest BCUT2D eigenvalue weighted by Crippen LogP contribution is 2.07. The number of methoxy groups -OCH3 is 1. The maximum Gasteiger partial charge on any atom is 0.408 e. The van der Waals surface area contributed by atoms with E-state index in [1.165, 1.54) is 13.2 Å². The van der Waals surface area contributed by atoms with Gasteiger partial charge in [-0.05, 0) is 23.6 Å². The average molecular weight is 313 g/mol. The van der Waals surface area contributed by atoms with Gasteiger partial charge in [-0.15, -0.1) is 0 Å². The molecule has 118 valence electrons. The Bertz CT molecular complexity index is 724. The number of alkyl carbamates (subject to hydrolysis) is 1. The largest absolute Gasteiger partial charge is 0.463 e. The van der Waals surface area contributed by atoms with Crippen LogP contribution in [0.4, 0.5) is 4.79 Å². The molecule has 2 rings (SSSR count). The van der Waals surface area contributed by atoms with Crippen LogP contribution < -0.4 is 5.32 Å². The van der Waals surface area contributed by atoms with Crippen molar-refractivity contribution in [1.82, 2.24) is 5.32 Å². The van der Waals surface area contributed by atoms with Crippen LogP contribution in [0.15, 0.2) is 46.9 Å². The molecule has 0 bridgehead atoms. The second-order valence-electron chi connectivity index (χ2n) is 4.37. The van der Waals surface area contributed by atoms with Crippen LogP contribution in [0.2, 0.25) is 0 Å². The van der Waals surface area contributed by atoms with Gasteiger partial charge in [-0.3, -0.25) is 0 Å². The minimum atomic E-state index is -0.569. The molecule has 0 saturated heterocycles. The highest BCUT2D eigenvalue weighted by atomic mass is 16.5. The van der Waals surface area contributed by atoms with Gasteiger partial charge in [0, 0.05) is 0 Å². The Kier molecular flexibility index (Phi) is 5.83. The zero-order chi connectivity index (χ0) is 16.5. The third-order valence-electron chi connectivity index (χ3n) is 2.74. The van der Waals surface area contributed by atoms with Gasteiger partial charge < -0.3 is 19.2 Å². The van der Waals surface area contributed by atoms with E-state index in [4.69, 9.17) is 9.15 Å². The first-order chi connectivity index (χ1) is 11.2. The number of furan rings is 1. The molecular weight excluding hydrogens is 298 g/mol. The number of carbonyl (C=O) groups excluding carboxylic acids is 2. The first kappa shape index (κ1) is 16.2. The second-order valence-corrected chi connectivity index (χ2v) is 4.37. The monoisotopic (exact) mass is 313 g/mol. The van der Waals surface area contributed by atoms with E-state index in [1.807, 2.05) is 30.3 Å². The minimum absolute atomic E-state index is 0.0760. The molecule has 0 fully saturated rings. The van der Waals surface area contributed by atoms with E-state index >= 15 is 0 Å². The fourth-order valence-corrected chi connectivity index (χ4v) is 1.64. The van der Waals surface area contributed by atoms with E-state index in [1.54, 1.807) is 6.07 Å². The van der Waals surface area contributed by atoms with Crippen LogP contribution in [0.5, 0.6) is 0 Å². The summed E-state index contributed by atoms with van der Waals surface area (Å²) in [4.78, 5) is 22.7. The highest BCUT2D eigenvalue weighted by molar-refractivity contribution is 5.86. The zero-order valence-corrected chi connectivity index (χ0v) is 12.5. The molecule has 0 saturated carbocycles. The molecule has 23 heavy (non-hydrogen) atoms. The summed E-state index contributed by atoms with van der Waals surface area (Å²) in [5.41, 5.74) is 0.902. The molecule has 0 unspecified atom stereocenters. The lowest BCUT2D eigenvalue weighted by atomic mass is 10.2. The lowest BCUT2D eigenvalue weighted by Gasteiger charge is -2.04. The van der Waals surface area contributed by atoms with Crippen LogP contribution >= 0.6 is 0 Å². The molecule has 6 heteroatoms. The molecule has 0 aliphatic heterocycles. The third kappa shape index (κ3) is 5.25. The van der Waals surface area contributed by atoms with Gasteiger partial charge in [0.1, 0.15) is 6.61 Å². The van der Waals surface area contributed by atoms with Crippen molar-refractivity contribution in [3.05, 3.63) is 59.5 Å². The Morgan fingerprint density at radius 3 is 2.70 bits per heavy atom. The number of hydrogen-bond acceptors (Lipinski definition) is 5. The number of nitrogens with one attached hydrogen (secondary N) is 1. The molecule has 0 radical (unpaired) electrons. The molecule has 1 heterocycles. The second kappa shape index (κ2) is 8.29. The van der Waals surface area contributed by atoms with Crippen LogP contribution in [0.1, 0.15) is 21.9 Å². The van der Waals surface area contributed by atoms with Crippen LogP contribution in [-0.2, 0) is 16.1 Å². The quantitative estimate of drug-likeness (QED) is 0.692. The molecule has 0 atom stereocenters.